The van der Waals surface area contributed by atoms with Gasteiger partial charge < -0.3 is 10.8 Å². The Morgan fingerprint density at radius 3 is 2.33 bits per heavy atom. The summed E-state index contributed by atoms with van der Waals surface area (Å²) in [6.07, 6.45) is 0. The van der Waals surface area contributed by atoms with Gasteiger partial charge in [-0.15, -0.1) is 0 Å². The van der Waals surface area contributed by atoms with Crippen LogP contribution in [0.4, 0.5) is 4.39 Å². The lowest BCUT2D eigenvalue weighted by atomic mass is 9.88. The van der Waals surface area contributed by atoms with Crippen molar-refractivity contribution in [1.82, 2.24) is 0 Å². The summed E-state index contributed by atoms with van der Waals surface area (Å²) in [5.74, 6) is -2.31. The summed E-state index contributed by atoms with van der Waals surface area (Å²) < 4.78 is 37.9. The van der Waals surface area contributed by atoms with Crippen molar-refractivity contribution in [2.45, 2.75) is 17.7 Å². The highest BCUT2D eigenvalue weighted by atomic mass is 32.2. The molecule has 0 spiro atoms. The number of aliphatic hydroxyl groups is 1. The van der Waals surface area contributed by atoms with Crippen LogP contribution in [0, 0.1) is 5.82 Å². The number of carbonyl (C=O) groups excluding carboxylic acids is 1. The molecular weight excluding hydrogens is 333 g/mol. The third-order valence-corrected chi connectivity index (χ3v) is 5.62. The summed E-state index contributed by atoms with van der Waals surface area (Å²) in [7, 11) is -3.35. The molecule has 2 rings (SSSR count). The van der Waals surface area contributed by atoms with Gasteiger partial charge in [-0.05, 0) is 29.8 Å². The fourth-order valence-electron chi connectivity index (χ4n) is 2.54. The van der Waals surface area contributed by atoms with E-state index in [-0.39, 0.29) is 21.8 Å². The Morgan fingerprint density at radius 2 is 1.83 bits per heavy atom. The monoisotopic (exact) mass is 351 g/mol. The average molecular weight is 351 g/mol. The van der Waals surface area contributed by atoms with E-state index in [1.165, 1.54) is 49.4 Å². The number of benzene rings is 2. The fraction of sp³-hybridized carbons (Fsp3) is 0.235. The predicted molar refractivity (Wildman–Crippen MR) is 88.0 cm³/mol. The van der Waals surface area contributed by atoms with Gasteiger partial charge in [-0.3, -0.25) is 4.79 Å². The lowest BCUT2D eigenvalue weighted by Gasteiger charge is -2.19. The minimum Gasteiger partial charge on any atom is -0.395 e. The smallest absolute Gasteiger partial charge is 0.249 e. The maximum Gasteiger partial charge on any atom is 0.249 e. The molecular formula is C17H18FNO4S. The molecule has 2 aromatic carbocycles. The number of hydrogen-bond acceptors (Lipinski definition) is 4. The molecule has 0 aliphatic heterocycles. The van der Waals surface area contributed by atoms with E-state index in [0.717, 1.165) is 0 Å². The van der Waals surface area contributed by atoms with E-state index in [2.05, 4.69) is 0 Å². The third kappa shape index (κ3) is 3.47. The summed E-state index contributed by atoms with van der Waals surface area (Å²) in [5, 5.41) is 9.70. The number of sulfone groups is 1. The number of nitrogens with two attached hydrogens (primary N) is 1. The first-order valence-corrected chi connectivity index (χ1v) is 8.98. The Bertz CT molecular complexity index is 847. The molecule has 0 saturated heterocycles. The lowest BCUT2D eigenvalue weighted by molar-refractivity contribution is 0.0998. The van der Waals surface area contributed by atoms with E-state index in [1.807, 2.05) is 0 Å². The van der Waals surface area contributed by atoms with Crippen LogP contribution in [0.3, 0.4) is 0 Å². The topological polar surface area (TPSA) is 97.5 Å². The van der Waals surface area contributed by atoms with Gasteiger partial charge in [0.25, 0.3) is 0 Å². The molecule has 0 fully saturated rings. The van der Waals surface area contributed by atoms with Crippen LogP contribution in [0.5, 0.6) is 0 Å². The zero-order valence-corrected chi connectivity index (χ0v) is 13.9. The number of carbonyl (C=O) groups is 1. The van der Waals surface area contributed by atoms with Crippen molar-refractivity contribution in [3.8, 4) is 0 Å². The van der Waals surface area contributed by atoms with E-state index >= 15 is 0 Å². The average Bonchev–Trinajstić information content (AvgIpc) is 2.57. The Balaban J connectivity index is 2.53. The van der Waals surface area contributed by atoms with E-state index in [1.54, 1.807) is 0 Å². The molecule has 0 saturated carbocycles. The van der Waals surface area contributed by atoms with Gasteiger partial charge in [-0.25, -0.2) is 12.8 Å². The van der Waals surface area contributed by atoms with Crippen molar-refractivity contribution in [3.63, 3.8) is 0 Å². The van der Waals surface area contributed by atoms with Crippen molar-refractivity contribution in [2.75, 3.05) is 12.4 Å². The molecule has 2 aromatic rings. The molecule has 0 aromatic heterocycles. The molecule has 24 heavy (non-hydrogen) atoms. The van der Waals surface area contributed by atoms with Gasteiger partial charge in [-0.1, -0.05) is 25.1 Å². The third-order valence-electron chi connectivity index (χ3n) is 3.87. The van der Waals surface area contributed by atoms with Crippen LogP contribution in [-0.2, 0) is 9.84 Å². The highest BCUT2D eigenvalue weighted by Gasteiger charge is 2.23. The minimum atomic E-state index is -3.35. The van der Waals surface area contributed by atoms with E-state index < -0.39 is 34.1 Å². The number of hydrogen-bond donors (Lipinski definition) is 2. The zero-order valence-electron chi connectivity index (χ0n) is 13.1. The minimum absolute atomic E-state index is 0.00130. The zero-order chi connectivity index (χ0) is 17.9. The van der Waals surface area contributed by atoms with Crippen LogP contribution >= 0.6 is 0 Å². The van der Waals surface area contributed by atoms with Crippen molar-refractivity contribution in [2.24, 2.45) is 5.73 Å². The molecule has 7 heteroatoms. The Morgan fingerprint density at radius 1 is 1.21 bits per heavy atom. The molecule has 0 heterocycles. The molecule has 128 valence electrons. The lowest BCUT2D eigenvalue weighted by Crippen LogP contribution is -2.19. The molecule has 0 unspecified atom stereocenters. The van der Waals surface area contributed by atoms with Crippen molar-refractivity contribution in [1.29, 1.82) is 0 Å². The second kappa shape index (κ2) is 7.11. The number of halogens is 1. The van der Waals surface area contributed by atoms with Crippen molar-refractivity contribution in [3.05, 3.63) is 65.0 Å². The van der Waals surface area contributed by atoms with Crippen molar-refractivity contribution >= 4 is 15.7 Å². The SMILES string of the molecule is CCS(=O)(=O)c1ccc([C@@H](CO)c2c(F)cccc2C(N)=O)cc1. The van der Waals surface area contributed by atoms with Crippen LogP contribution < -0.4 is 5.73 Å². The predicted octanol–water partition coefficient (Wildman–Crippen LogP) is 1.84. The Hall–Kier alpha value is -2.25. The van der Waals surface area contributed by atoms with Gasteiger partial charge in [0.2, 0.25) is 5.91 Å². The van der Waals surface area contributed by atoms with Crippen LogP contribution in [0.1, 0.15) is 34.3 Å². The number of amides is 1. The van der Waals surface area contributed by atoms with Crippen molar-refractivity contribution < 1.29 is 22.7 Å². The number of aliphatic hydroxyl groups excluding tert-OH is 1. The highest BCUT2D eigenvalue weighted by molar-refractivity contribution is 7.91. The quantitative estimate of drug-likeness (QED) is 0.830. The van der Waals surface area contributed by atoms with Crippen LogP contribution in [0.2, 0.25) is 0 Å². The highest BCUT2D eigenvalue weighted by Crippen LogP contribution is 2.30. The molecule has 0 radical (unpaired) electrons. The van der Waals surface area contributed by atoms with Crippen LogP contribution in [-0.4, -0.2) is 31.8 Å². The summed E-state index contributed by atoms with van der Waals surface area (Å²) >= 11 is 0. The van der Waals surface area contributed by atoms with Gasteiger partial charge in [-0.2, -0.15) is 0 Å². The van der Waals surface area contributed by atoms with E-state index in [4.69, 9.17) is 5.73 Å². The van der Waals surface area contributed by atoms with E-state index in [9.17, 15) is 22.7 Å². The summed E-state index contributed by atoms with van der Waals surface area (Å²) in [4.78, 5) is 11.7. The maximum absolute atomic E-state index is 14.2. The number of rotatable bonds is 6. The van der Waals surface area contributed by atoms with Gasteiger partial charge >= 0.3 is 0 Å². The van der Waals surface area contributed by atoms with Gasteiger partial charge in [0.05, 0.1) is 17.3 Å². The first kappa shape index (κ1) is 18.1. The normalized spacial score (nSPS) is 12.8. The summed E-state index contributed by atoms with van der Waals surface area (Å²) in [5.41, 5.74) is 5.76. The largest absolute Gasteiger partial charge is 0.395 e. The molecule has 0 aliphatic rings. The van der Waals surface area contributed by atoms with E-state index in [0.29, 0.717) is 5.56 Å². The van der Waals surface area contributed by atoms with Crippen LogP contribution in [0.15, 0.2) is 47.4 Å². The molecule has 1 amide bonds. The number of primary amides is 1. The summed E-state index contributed by atoms with van der Waals surface area (Å²) in [6.45, 7) is 1.08. The Kier molecular flexibility index (Phi) is 5.36. The second-order valence-corrected chi connectivity index (χ2v) is 7.55. The first-order valence-electron chi connectivity index (χ1n) is 7.33. The molecule has 3 N–H and O–H groups in total. The Labute approximate surface area is 139 Å². The molecule has 5 nitrogen and oxygen atoms in total. The molecule has 0 bridgehead atoms. The van der Waals surface area contributed by atoms with Gasteiger partial charge in [0.1, 0.15) is 5.82 Å². The summed E-state index contributed by atoms with van der Waals surface area (Å²) in [6, 6.07) is 9.74. The van der Waals surface area contributed by atoms with Gasteiger partial charge in [0, 0.05) is 17.0 Å². The maximum atomic E-state index is 14.2. The van der Waals surface area contributed by atoms with Gasteiger partial charge in [0.15, 0.2) is 9.84 Å². The fourth-order valence-corrected chi connectivity index (χ4v) is 3.43. The molecule has 1 atom stereocenters. The first-order chi connectivity index (χ1) is 11.3. The second-order valence-electron chi connectivity index (χ2n) is 5.27. The molecule has 0 aliphatic carbocycles. The standard InChI is InChI=1S/C17H18FNO4S/c1-2-24(22,23)12-8-6-11(7-9-12)14(10-20)16-13(17(19)21)4-3-5-15(16)18/h3-9,14,20H,2,10H2,1H3,(H2,19,21)/t14-/m1/s1. The van der Waals surface area contributed by atoms with Crippen LogP contribution in [0.25, 0.3) is 0 Å².